The minimum Gasteiger partial charge on any atom is -0.492 e. The zero-order valence-corrected chi connectivity index (χ0v) is 11.7. The average Bonchev–Trinajstić information content (AvgIpc) is 2.27. The third-order valence-corrected chi connectivity index (χ3v) is 3.00. The summed E-state index contributed by atoms with van der Waals surface area (Å²) in [6.45, 7) is 6.90. The Morgan fingerprint density at radius 2 is 2.06 bits per heavy atom. The second-order valence-electron chi connectivity index (χ2n) is 4.46. The van der Waals surface area contributed by atoms with Crippen LogP contribution in [0.5, 0.6) is 5.75 Å². The third kappa shape index (κ3) is 4.21. The highest BCUT2D eigenvalue weighted by Crippen LogP contribution is 2.31. The fourth-order valence-electron chi connectivity index (χ4n) is 1.75. The maximum absolute atomic E-state index is 6.23. The van der Waals surface area contributed by atoms with Crippen molar-refractivity contribution in [3.8, 4) is 5.75 Å². The number of hydrogen-bond acceptors (Lipinski definition) is 2. The van der Waals surface area contributed by atoms with Gasteiger partial charge in [0.1, 0.15) is 5.75 Å². The molecule has 0 spiro atoms. The minimum atomic E-state index is 0.164. The molecule has 0 aliphatic heterocycles. The Balaban J connectivity index is 2.97. The van der Waals surface area contributed by atoms with Gasteiger partial charge < -0.3 is 10.5 Å². The predicted molar refractivity (Wildman–Crippen MR) is 73.9 cm³/mol. The van der Waals surface area contributed by atoms with Crippen LogP contribution in [0.25, 0.3) is 0 Å². The van der Waals surface area contributed by atoms with Crippen molar-refractivity contribution in [2.75, 3.05) is 6.61 Å². The molecule has 0 aromatic heterocycles. The smallest absolute Gasteiger partial charge is 0.141 e. The number of halogens is 1. The van der Waals surface area contributed by atoms with Crippen molar-refractivity contribution < 1.29 is 4.74 Å². The fraction of sp³-hybridized carbons (Fsp3) is 0.571. The van der Waals surface area contributed by atoms with Gasteiger partial charge in [-0.05, 0) is 43.4 Å². The number of hydrogen-bond donors (Lipinski definition) is 1. The maximum atomic E-state index is 6.23. The molecule has 2 N–H and O–H groups in total. The van der Waals surface area contributed by atoms with E-state index in [0.29, 0.717) is 11.6 Å². The highest BCUT2D eigenvalue weighted by molar-refractivity contribution is 6.32. The molecule has 0 saturated carbocycles. The molecule has 0 radical (unpaired) electrons. The topological polar surface area (TPSA) is 35.2 Å². The van der Waals surface area contributed by atoms with Gasteiger partial charge in [0.25, 0.3) is 0 Å². The molecule has 0 saturated heterocycles. The summed E-state index contributed by atoms with van der Waals surface area (Å²) in [5.41, 5.74) is 8.28. The van der Waals surface area contributed by atoms with Crippen LogP contribution >= 0.6 is 11.6 Å². The molecular formula is C14H22ClNO. The summed E-state index contributed by atoms with van der Waals surface area (Å²) in [6, 6.07) is 4.22. The standard InChI is InChI=1S/C14H22ClNO/c1-4-6-17-14-11(9-12(16)5-2)7-10(3)8-13(14)15/h7-8,12H,4-6,9,16H2,1-3H3. The summed E-state index contributed by atoms with van der Waals surface area (Å²) >= 11 is 6.23. The van der Waals surface area contributed by atoms with Crippen molar-refractivity contribution in [2.24, 2.45) is 5.73 Å². The highest BCUT2D eigenvalue weighted by atomic mass is 35.5. The molecule has 3 heteroatoms. The maximum Gasteiger partial charge on any atom is 0.141 e. The van der Waals surface area contributed by atoms with E-state index in [9.17, 15) is 0 Å². The summed E-state index contributed by atoms with van der Waals surface area (Å²) in [4.78, 5) is 0. The Labute approximate surface area is 109 Å². The molecule has 17 heavy (non-hydrogen) atoms. The van der Waals surface area contributed by atoms with E-state index in [1.165, 1.54) is 0 Å². The first-order valence-electron chi connectivity index (χ1n) is 6.25. The van der Waals surface area contributed by atoms with E-state index in [4.69, 9.17) is 22.1 Å². The molecule has 0 aliphatic carbocycles. The van der Waals surface area contributed by atoms with Gasteiger partial charge in [0.05, 0.1) is 11.6 Å². The Bertz CT molecular complexity index is 365. The van der Waals surface area contributed by atoms with Crippen molar-refractivity contribution >= 4 is 11.6 Å². The average molecular weight is 256 g/mol. The SMILES string of the molecule is CCCOc1c(Cl)cc(C)cc1CC(N)CC. The van der Waals surface area contributed by atoms with E-state index in [0.717, 1.165) is 36.1 Å². The quantitative estimate of drug-likeness (QED) is 0.841. The van der Waals surface area contributed by atoms with Gasteiger partial charge in [-0.2, -0.15) is 0 Å². The molecule has 1 unspecified atom stereocenters. The van der Waals surface area contributed by atoms with Crippen LogP contribution in [0.15, 0.2) is 12.1 Å². The van der Waals surface area contributed by atoms with Gasteiger partial charge in [-0.15, -0.1) is 0 Å². The van der Waals surface area contributed by atoms with Crippen molar-refractivity contribution in [1.82, 2.24) is 0 Å². The lowest BCUT2D eigenvalue weighted by Crippen LogP contribution is -2.22. The van der Waals surface area contributed by atoms with Crippen LogP contribution in [0.2, 0.25) is 5.02 Å². The van der Waals surface area contributed by atoms with Crippen LogP contribution in [0, 0.1) is 6.92 Å². The molecule has 0 amide bonds. The van der Waals surface area contributed by atoms with E-state index in [-0.39, 0.29) is 6.04 Å². The van der Waals surface area contributed by atoms with Crippen molar-refractivity contribution in [3.05, 3.63) is 28.3 Å². The molecule has 0 aliphatic rings. The number of nitrogens with two attached hydrogens (primary N) is 1. The van der Waals surface area contributed by atoms with E-state index >= 15 is 0 Å². The largest absolute Gasteiger partial charge is 0.492 e. The Hall–Kier alpha value is -0.730. The van der Waals surface area contributed by atoms with E-state index in [2.05, 4.69) is 19.9 Å². The highest BCUT2D eigenvalue weighted by Gasteiger charge is 2.12. The normalized spacial score (nSPS) is 12.5. The molecule has 2 nitrogen and oxygen atoms in total. The molecule has 0 fully saturated rings. The molecule has 1 rings (SSSR count). The molecule has 1 atom stereocenters. The van der Waals surface area contributed by atoms with Gasteiger partial charge in [-0.3, -0.25) is 0 Å². The molecule has 96 valence electrons. The van der Waals surface area contributed by atoms with Crippen LogP contribution in [-0.2, 0) is 6.42 Å². The summed E-state index contributed by atoms with van der Waals surface area (Å²) < 4.78 is 5.73. The predicted octanol–water partition coefficient (Wildman–Crippen LogP) is 3.72. The van der Waals surface area contributed by atoms with Gasteiger partial charge >= 0.3 is 0 Å². The first-order chi connectivity index (χ1) is 8.08. The van der Waals surface area contributed by atoms with Gasteiger partial charge in [0, 0.05) is 6.04 Å². The lowest BCUT2D eigenvalue weighted by atomic mass is 10.0. The first-order valence-corrected chi connectivity index (χ1v) is 6.63. The van der Waals surface area contributed by atoms with Crippen LogP contribution in [0.1, 0.15) is 37.8 Å². The van der Waals surface area contributed by atoms with E-state index in [1.54, 1.807) is 0 Å². The fourth-order valence-corrected chi connectivity index (χ4v) is 2.09. The summed E-state index contributed by atoms with van der Waals surface area (Å²) in [6.07, 6.45) is 2.75. The van der Waals surface area contributed by atoms with Crippen LogP contribution in [0.3, 0.4) is 0 Å². The third-order valence-electron chi connectivity index (χ3n) is 2.72. The Morgan fingerprint density at radius 3 is 2.65 bits per heavy atom. The van der Waals surface area contributed by atoms with Crippen molar-refractivity contribution in [3.63, 3.8) is 0 Å². The zero-order chi connectivity index (χ0) is 12.8. The zero-order valence-electron chi connectivity index (χ0n) is 10.9. The van der Waals surface area contributed by atoms with Crippen LogP contribution in [0.4, 0.5) is 0 Å². The second-order valence-corrected chi connectivity index (χ2v) is 4.86. The van der Waals surface area contributed by atoms with Gasteiger partial charge in [0.15, 0.2) is 0 Å². The summed E-state index contributed by atoms with van der Waals surface area (Å²) in [5.74, 6) is 0.808. The van der Waals surface area contributed by atoms with Crippen molar-refractivity contribution in [1.29, 1.82) is 0 Å². The van der Waals surface area contributed by atoms with Gasteiger partial charge in [-0.25, -0.2) is 0 Å². The summed E-state index contributed by atoms with van der Waals surface area (Å²) in [5, 5.41) is 0.691. The number of aryl methyl sites for hydroxylation is 1. The molecule has 0 heterocycles. The minimum absolute atomic E-state index is 0.164. The first kappa shape index (κ1) is 14.3. The summed E-state index contributed by atoms with van der Waals surface area (Å²) in [7, 11) is 0. The number of ether oxygens (including phenoxy) is 1. The molecule has 1 aromatic rings. The number of benzene rings is 1. The second kappa shape index (κ2) is 6.87. The lowest BCUT2D eigenvalue weighted by molar-refractivity contribution is 0.313. The molecule has 1 aromatic carbocycles. The Kier molecular flexibility index (Phi) is 5.79. The Morgan fingerprint density at radius 1 is 1.35 bits per heavy atom. The molecular weight excluding hydrogens is 234 g/mol. The van der Waals surface area contributed by atoms with E-state index in [1.807, 2.05) is 13.0 Å². The van der Waals surface area contributed by atoms with Crippen LogP contribution in [-0.4, -0.2) is 12.6 Å². The van der Waals surface area contributed by atoms with Gasteiger partial charge in [-0.1, -0.05) is 31.5 Å². The monoisotopic (exact) mass is 255 g/mol. The van der Waals surface area contributed by atoms with Crippen LogP contribution < -0.4 is 10.5 Å². The van der Waals surface area contributed by atoms with Crippen molar-refractivity contribution in [2.45, 2.75) is 46.1 Å². The number of rotatable bonds is 6. The van der Waals surface area contributed by atoms with E-state index < -0.39 is 0 Å². The lowest BCUT2D eigenvalue weighted by Gasteiger charge is -2.16. The molecule has 0 bridgehead atoms. The van der Waals surface area contributed by atoms with Gasteiger partial charge in [0.2, 0.25) is 0 Å².